The van der Waals surface area contributed by atoms with Gasteiger partial charge in [0.15, 0.2) is 5.96 Å². The summed E-state index contributed by atoms with van der Waals surface area (Å²) in [5, 5.41) is 41.2. The summed E-state index contributed by atoms with van der Waals surface area (Å²) in [5.41, 5.74) is 21.4. The van der Waals surface area contributed by atoms with Crippen molar-refractivity contribution in [3.05, 3.63) is 176 Å². The standard InChI is InChI=1S/C69H83N5O8S.Na/c1-3-72-40-63-61-35-47(17-16-45(61)26-28-73-63)50-13-8-27-68(77,38-50)54(29-43-9-5-4-6-10-43)39-69(74-67(70)71)53-20-18-46(19-21-53)65-51-31-52(66-59-24-22-55(76)32-48(59)12-7-11-44(41-75)30-57(34-51)81-66)36-62(65)64(83(78,79)80)37-60-42(2)14-15-49-33-56(82-69)23-25-58(49)60;/h4-6,9-10,16-25,32-33,35-36,42,44,50-51,54,57,60,62-66,72-73,75-77H,3,8,11,13-15,26-31,34,37-41H2,1-2H3,(H4,70,71,74)(H,78,79,80);/q;+1/p-1. The van der Waals surface area contributed by atoms with E-state index in [0.717, 1.165) is 85.1 Å². The van der Waals surface area contributed by atoms with Gasteiger partial charge in [-0.1, -0.05) is 117 Å². The van der Waals surface area contributed by atoms with Crippen molar-refractivity contribution in [1.29, 1.82) is 0 Å². The number of aliphatic imine (C=N–C) groups is 1. The molecule has 0 radical (unpaired) electrons. The number of hydrogen-bond donors (Lipinski definition) is 7. The molecule has 14 unspecified atom stereocenters. The van der Waals surface area contributed by atoms with Gasteiger partial charge < -0.3 is 51.4 Å². The number of aryl methyl sites for hydroxylation is 1. The Morgan fingerprint density at radius 2 is 1.73 bits per heavy atom. The van der Waals surface area contributed by atoms with Gasteiger partial charge in [0.05, 0.1) is 27.1 Å². The number of fused-ring (bicyclic) bond motifs is 9. The predicted octanol–water partition coefficient (Wildman–Crippen LogP) is 6.95. The minimum Gasteiger partial charge on any atom is -0.748 e. The van der Waals surface area contributed by atoms with Crippen LogP contribution in [0.2, 0.25) is 0 Å². The fraction of sp³-hybridized carbons (Fsp3) is 0.493. The molecular formula is C69H82N5NaO8S. The van der Waals surface area contributed by atoms with E-state index < -0.39 is 50.6 Å². The summed E-state index contributed by atoms with van der Waals surface area (Å²) in [5.74, 6) is 4.96. The van der Waals surface area contributed by atoms with Crippen LogP contribution < -0.4 is 56.4 Å². The van der Waals surface area contributed by atoms with Crippen molar-refractivity contribution in [3.63, 3.8) is 0 Å². The van der Waals surface area contributed by atoms with Gasteiger partial charge in [0.25, 0.3) is 0 Å². The van der Waals surface area contributed by atoms with E-state index >= 15 is 0 Å². The topological polar surface area (TPSA) is 225 Å². The molecule has 13 nitrogen and oxygen atoms in total. The average Bonchev–Trinajstić information content (AvgIpc) is 1.77. The molecule has 3 aliphatic carbocycles. The smallest absolute Gasteiger partial charge is 0.748 e. The zero-order chi connectivity index (χ0) is 57.6. The maximum Gasteiger partial charge on any atom is 1.00 e. The normalized spacial score (nSPS) is 31.0. The molecular weight excluding hydrogens is 1080 g/mol. The van der Waals surface area contributed by atoms with Crippen molar-refractivity contribution in [3.8, 4) is 23.3 Å². The van der Waals surface area contributed by atoms with Gasteiger partial charge in [0, 0.05) is 48.7 Å². The van der Waals surface area contributed by atoms with E-state index in [0.29, 0.717) is 61.8 Å². The van der Waals surface area contributed by atoms with Crippen LogP contribution in [0.25, 0.3) is 0 Å². The molecule has 0 amide bonds. The number of nitrogens with two attached hydrogens (primary N) is 2. The van der Waals surface area contributed by atoms with E-state index in [4.69, 9.17) is 25.9 Å². The molecule has 14 rings (SSSR count). The van der Waals surface area contributed by atoms with Crippen LogP contribution in [0, 0.1) is 41.4 Å². The molecule has 10 bridgehead atoms. The molecule has 438 valence electrons. The fourth-order valence-electron chi connectivity index (χ4n) is 16.2. The number of likely N-dealkylation sites (N-methyl/N-ethyl adjacent to an activating group) is 1. The number of allylic oxidation sites excluding steroid dienone is 1. The molecule has 1 saturated carbocycles. The largest absolute Gasteiger partial charge is 1.00 e. The quantitative estimate of drug-likeness (QED) is 0.0168. The number of aromatic hydroxyl groups is 1. The minimum absolute atomic E-state index is 0. The third-order valence-corrected chi connectivity index (χ3v) is 21.6. The molecule has 0 spiro atoms. The minimum atomic E-state index is -4.95. The zero-order valence-corrected chi connectivity index (χ0v) is 51.8. The Bertz CT molecular complexity index is 3420. The van der Waals surface area contributed by atoms with Crippen molar-refractivity contribution in [2.24, 2.45) is 46.0 Å². The van der Waals surface area contributed by atoms with Gasteiger partial charge >= 0.3 is 29.6 Å². The fourth-order valence-corrected chi connectivity index (χ4v) is 17.3. The monoisotopic (exact) mass is 1160 g/mol. The zero-order valence-electron chi connectivity index (χ0n) is 49.0. The van der Waals surface area contributed by atoms with Gasteiger partial charge in [-0.3, -0.25) is 0 Å². The number of rotatable bonds is 12. The molecule has 9 N–H and O–H groups in total. The average molecular weight is 1160 g/mol. The molecule has 6 aliphatic heterocycles. The van der Waals surface area contributed by atoms with E-state index in [-0.39, 0.29) is 102 Å². The van der Waals surface area contributed by atoms with E-state index in [2.05, 4.69) is 84.9 Å². The van der Waals surface area contributed by atoms with Gasteiger partial charge in [-0.05, 0) is 206 Å². The molecule has 84 heavy (non-hydrogen) atoms. The summed E-state index contributed by atoms with van der Waals surface area (Å²) in [7, 11) is -4.95. The van der Waals surface area contributed by atoms with Crippen LogP contribution in [0.3, 0.4) is 0 Å². The van der Waals surface area contributed by atoms with E-state index in [1.54, 1.807) is 12.1 Å². The number of aliphatic hydroxyl groups excluding tert-OH is 1. The molecule has 1 saturated heterocycles. The molecule has 0 aromatic heterocycles. The second kappa shape index (κ2) is 25.4. The van der Waals surface area contributed by atoms with E-state index in [1.165, 1.54) is 16.7 Å². The molecule has 15 heteroatoms. The van der Waals surface area contributed by atoms with Crippen molar-refractivity contribution < 1.29 is 67.3 Å². The van der Waals surface area contributed by atoms with E-state index in [1.807, 2.05) is 54.6 Å². The Labute approximate surface area is 518 Å². The van der Waals surface area contributed by atoms with E-state index in [9.17, 15) is 28.3 Å². The first-order chi connectivity index (χ1) is 40.1. The Morgan fingerprint density at radius 3 is 2.50 bits per heavy atom. The van der Waals surface area contributed by atoms with Crippen LogP contribution in [-0.4, -0.2) is 77.4 Å². The number of aliphatic hydroxyl groups is 2. The number of nitrogens with one attached hydrogen (secondary N) is 2. The van der Waals surface area contributed by atoms with Crippen molar-refractivity contribution in [2.45, 2.75) is 156 Å². The van der Waals surface area contributed by atoms with Gasteiger partial charge in [-0.25, -0.2) is 13.4 Å². The summed E-state index contributed by atoms with van der Waals surface area (Å²) in [6.07, 6.45) is 9.43. The second-order valence-corrected chi connectivity index (χ2v) is 27.1. The number of phenols is 1. The van der Waals surface area contributed by atoms with Crippen LogP contribution in [0.1, 0.15) is 170 Å². The first kappa shape index (κ1) is 60.7. The van der Waals surface area contributed by atoms with Crippen molar-refractivity contribution in [1.82, 2.24) is 10.6 Å². The first-order valence-electron chi connectivity index (χ1n) is 30.7. The number of phenolic OH excluding ortho intramolecular Hbond substituents is 1. The summed E-state index contributed by atoms with van der Waals surface area (Å²) < 4.78 is 57.8. The summed E-state index contributed by atoms with van der Waals surface area (Å²) >= 11 is 0. The Morgan fingerprint density at radius 1 is 0.929 bits per heavy atom. The van der Waals surface area contributed by atoms with Crippen LogP contribution in [0.5, 0.6) is 11.5 Å². The maximum atomic E-state index is 14.4. The van der Waals surface area contributed by atoms with Crippen molar-refractivity contribution in [2.75, 3.05) is 26.2 Å². The molecule has 14 atom stereocenters. The third-order valence-electron chi connectivity index (χ3n) is 20.3. The Balaban J connectivity index is 0.00000736. The molecule has 5 aromatic carbocycles. The summed E-state index contributed by atoms with van der Waals surface area (Å²) in [4.78, 5) is 5.20. The van der Waals surface area contributed by atoms with Crippen LogP contribution >= 0.6 is 0 Å². The molecule has 9 aliphatic rings. The van der Waals surface area contributed by atoms with Crippen LogP contribution in [0.15, 0.2) is 126 Å². The SMILES string of the molecule is CCNCC1NCCc2ccc(C3CCCC(O)(C(Cc4ccccc4)CC4(N=C(N)N)Oc5ccc6c(c5)CCC(C)C6CC(S(=O)(=O)[O-])C5C=C6CC(CC7CC(CO)CC#Cc8cc(O)ccc8C6O7)C5c5ccc4cc5)C3)cc21.[Na+]. The third kappa shape index (κ3) is 12.6. The second-order valence-electron chi connectivity index (χ2n) is 25.5. The summed E-state index contributed by atoms with van der Waals surface area (Å²) in [6.45, 7) is 6.90. The first-order valence-corrected chi connectivity index (χ1v) is 32.1. The van der Waals surface area contributed by atoms with Crippen LogP contribution in [0.4, 0.5) is 0 Å². The number of ether oxygens (including phenoxy) is 2. The van der Waals surface area contributed by atoms with Crippen LogP contribution in [-0.2, 0) is 39.8 Å². The maximum absolute atomic E-state index is 14.4. The summed E-state index contributed by atoms with van der Waals surface area (Å²) in [6, 6.07) is 36.8. The number of benzene rings is 5. The van der Waals surface area contributed by atoms with Gasteiger partial charge in [0.1, 0.15) is 17.6 Å². The number of nitrogens with zero attached hydrogens (tertiary/aromatic N) is 1. The number of guanidine groups is 1. The van der Waals surface area contributed by atoms with Gasteiger partial charge in [-0.2, -0.15) is 0 Å². The Kier molecular flexibility index (Phi) is 18.3. The number of hydrogen-bond acceptors (Lipinski definition) is 11. The predicted molar refractivity (Wildman–Crippen MR) is 323 cm³/mol. The molecule has 2 fully saturated rings. The van der Waals surface area contributed by atoms with Gasteiger partial charge in [0.2, 0.25) is 5.72 Å². The molecule has 5 aromatic rings. The van der Waals surface area contributed by atoms with Crippen molar-refractivity contribution >= 4 is 16.1 Å². The Hall–Kier alpha value is -5.02. The van der Waals surface area contributed by atoms with Gasteiger partial charge in [-0.15, -0.1) is 0 Å². The molecule has 6 heterocycles.